The van der Waals surface area contributed by atoms with Crippen molar-refractivity contribution in [2.45, 2.75) is 70.0 Å². The topological polar surface area (TPSA) is 135 Å². The maximum Gasteiger partial charge on any atom is 0.303 e. The van der Waals surface area contributed by atoms with Crippen LogP contribution in [-0.2, 0) is 45.2 Å². The quantitative estimate of drug-likeness (QED) is 0.241. The largest absolute Gasteiger partial charge is 0.463 e. The van der Waals surface area contributed by atoms with Gasteiger partial charge in [-0.3, -0.25) is 19.0 Å². The first-order chi connectivity index (χ1) is 19.6. The molecule has 1 unspecified atom stereocenters. The monoisotopic (exact) mass is 583 g/mol. The molecular formula is C28H30ClN5O7. The molecule has 2 fully saturated rings. The van der Waals surface area contributed by atoms with Crippen molar-refractivity contribution in [3.8, 4) is 0 Å². The van der Waals surface area contributed by atoms with Crippen LogP contribution in [0.1, 0.15) is 51.0 Å². The van der Waals surface area contributed by atoms with E-state index in [9.17, 15) is 14.4 Å². The molecule has 0 radical (unpaired) electrons. The van der Waals surface area contributed by atoms with E-state index in [1.807, 2.05) is 0 Å². The number of aryl methyl sites for hydroxylation is 1. The predicted octanol–water partition coefficient (Wildman–Crippen LogP) is 2.90. The number of fused-ring (bicyclic) bond motifs is 3. The Morgan fingerprint density at radius 3 is 2.56 bits per heavy atom. The standard InChI is InChI=1S/C28H30ClN5O7/c1-15(35)38-12-20-22(39-16(2)36)23(40-17(3)37)26(41-20)34-14-30-21-24(31-27(29)32-25(21)34)33-11-10-28(13-33)9-8-18-6-4-5-7-19(18)28/h4-7,14,20,22-23,26H,8-13H2,1-3H3/t20-,22-,23-,26-,28?/m1/s1. The summed E-state index contributed by atoms with van der Waals surface area (Å²) in [4.78, 5) is 51.4. The Bertz CT molecular complexity index is 1530. The van der Waals surface area contributed by atoms with Crippen molar-refractivity contribution in [3.05, 3.63) is 47.0 Å². The maximum atomic E-state index is 12.1. The number of hydrogen-bond donors (Lipinski definition) is 0. The first-order valence-corrected chi connectivity index (χ1v) is 13.9. The lowest BCUT2D eigenvalue weighted by molar-refractivity contribution is -0.166. The van der Waals surface area contributed by atoms with Crippen LogP contribution in [0.4, 0.5) is 5.82 Å². The molecule has 3 aliphatic rings. The zero-order chi connectivity index (χ0) is 28.9. The van der Waals surface area contributed by atoms with Crippen LogP contribution in [0.15, 0.2) is 30.6 Å². The van der Waals surface area contributed by atoms with Crippen molar-refractivity contribution in [1.82, 2.24) is 19.5 Å². The third kappa shape index (κ3) is 4.99. The highest BCUT2D eigenvalue weighted by Crippen LogP contribution is 2.47. The molecule has 12 nitrogen and oxygen atoms in total. The Hall–Kier alpha value is -3.77. The SMILES string of the molecule is CC(=O)OC[C@H]1O[C@@H](n2cnc3c(N4CCC5(CCc6ccccc65)C4)nc(Cl)nc32)[C@H](OC(C)=O)[C@@H]1OC(C)=O. The van der Waals surface area contributed by atoms with Crippen LogP contribution in [0.3, 0.4) is 0 Å². The number of anilines is 1. The van der Waals surface area contributed by atoms with Crippen molar-refractivity contribution in [3.63, 3.8) is 0 Å². The molecule has 2 aliphatic heterocycles. The van der Waals surface area contributed by atoms with Gasteiger partial charge in [-0.15, -0.1) is 0 Å². The molecule has 2 saturated heterocycles. The van der Waals surface area contributed by atoms with E-state index in [0.717, 1.165) is 32.4 Å². The molecule has 41 heavy (non-hydrogen) atoms. The zero-order valence-electron chi connectivity index (χ0n) is 22.9. The van der Waals surface area contributed by atoms with Gasteiger partial charge in [0.15, 0.2) is 35.4 Å². The average molecular weight is 584 g/mol. The molecule has 0 amide bonds. The summed E-state index contributed by atoms with van der Waals surface area (Å²) in [5, 5.41) is 0.0251. The van der Waals surface area contributed by atoms with Crippen LogP contribution in [0, 0.1) is 0 Å². The normalized spacial score (nSPS) is 26.9. The number of esters is 3. The van der Waals surface area contributed by atoms with Crippen molar-refractivity contribution in [1.29, 1.82) is 0 Å². The number of nitrogens with zero attached hydrogens (tertiary/aromatic N) is 5. The van der Waals surface area contributed by atoms with Gasteiger partial charge in [0.2, 0.25) is 5.28 Å². The fourth-order valence-electron chi connectivity index (χ4n) is 6.44. The van der Waals surface area contributed by atoms with Crippen LogP contribution in [-0.4, -0.2) is 75.4 Å². The fraction of sp³-hybridized carbons (Fsp3) is 0.500. The third-order valence-electron chi connectivity index (χ3n) is 8.11. The van der Waals surface area contributed by atoms with Crippen LogP contribution in [0.25, 0.3) is 11.2 Å². The van der Waals surface area contributed by atoms with Crippen molar-refractivity contribution >= 4 is 46.5 Å². The summed E-state index contributed by atoms with van der Waals surface area (Å²) >= 11 is 6.46. The number of aromatic nitrogens is 4. The Balaban J connectivity index is 1.36. The maximum absolute atomic E-state index is 12.1. The summed E-state index contributed by atoms with van der Waals surface area (Å²) < 4.78 is 24.0. The lowest BCUT2D eigenvalue weighted by atomic mass is 9.81. The number of halogens is 1. The molecule has 3 aromatic rings. The molecule has 0 saturated carbocycles. The van der Waals surface area contributed by atoms with Gasteiger partial charge in [-0.05, 0) is 42.0 Å². The van der Waals surface area contributed by atoms with Gasteiger partial charge in [0, 0.05) is 39.3 Å². The van der Waals surface area contributed by atoms with Gasteiger partial charge >= 0.3 is 17.9 Å². The Labute approximate surface area is 240 Å². The second-order valence-corrected chi connectivity index (χ2v) is 11.1. The molecule has 0 N–H and O–H groups in total. The molecule has 1 spiro atoms. The highest BCUT2D eigenvalue weighted by atomic mass is 35.5. The predicted molar refractivity (Wildman–Crippen MR) is 145 cm³/mol. The third-order valence-corrected chi connectivity index (χ3v) is 8.27. The summed E-state index contributed by atoms with van der Waals surface area (Å²) in [5.74, 6) is -1.14. The van der Waals surface area contributed by atoms with Crippen molar-refractivity contribution in [2.75, 3.05) is 24.6 Å². The summed E-state index contributed by atoms with van der Waals surface area (Å²) in [7, 11) is 0. The first-order valence-electron chi connectivity index (χ1n) is 13.5. The van der Waals surface area contributed by atoms with E-state index in [2.05, 4.69) is 44.1 Å². The molecule has 6 rings (SSSR count). The number of carbonyl (C=O) groups is 3. The van der Waals surface area contributed by atoms with Gasteiger partial charge in [0.1, 0.15) is 12.7 Å². The number of ether oxygens (including phenoxy) is 4. The Kier molecular flexibility index (Phi) is 7.06. The lowest BCUT2D eigenvalue weighted by Crippen LogP contribution is -2.40. The molecule has 2 aromatic heterocycles. The highest BCUT2D eigenvalue weighted by Gasteiger charge is 2.51. The number of carbonyl (C=O) groups excluding carboxylic acids is 3. The van der Waals surface area contributed by atoms with Crippen LogP contribution < -0.4 is 4.90 Å². The van der Waals surface area contributed by atoms with Gasteiger partial charge in [-0.2, -0.15) is 9.97 Å². The first kappa shape index (κ1) is 27.4. The van der Waals surface area contributed by atoms with E-state index in [1.165, 1.54) is 38.2 Å². The minimum Gasteiger partial charge on any atom is -0.463 e. The average Bonchev–Trinajstić information content (AvgIpc) is 3.69. The number of imidazole rings is 1. The van der Waals surface area contributed by atoms with Crippen LogP contribution >= 0.6 is 11.6 Å². The minimum atomic E-state index is -1.07. The molecule has 216 valence electrons. The molecular weight excluding hydrogens is 554 g/mol. The summed E-state index contributed by atoms with van der Waals surface area (Å²) in [5.41, 5.74) is 3.70. The second kappa shape index (κ2) is 10.6. The van der Waals surface area contributed by atoms with Gasteiger partial charge in [0.25, 0.3) is 0 Å². The fourth-order valence-corrected chi connectivity index (χ4v) is 6.60. The smallest absolute Gasteiger partial charge is 0.303 e. The molecule has 1 aliphatic carbocycles. The van der Waals surface area contributed by atoms with E-state index >= 15 is 0 Å². The van der Waals surface area contributed by atoms with Crippen LogP contribution in [0.5, 0.6) is 0 Å². The van der Waals surface area contributed by atoms with Gasteiger partial charge < -0.3 is 23.8 Å². The van der Waals surface area contributed by atoms with E-state index in [0.29, 0.717) is 17.0 Å². The second-order valence-electron chi connectivity index (χ2n) is 10.8. The van der Waals surface area contributed by atoms with Gasteiger partial charge in [0.05, 0.1) is 6.33 Å². The van der Waals surface area contributed by atoms with Crippen molar-refractivity contribution < 1.29 is 33.3 Å². The summed E-state index contributed by atoms with van der Waals surface area (Å²) in [6.07, 6.45) is 0.582. The van der Waals surface area contributed by atoms with E-state index in [1.54, 1.807) is 4.57 Å². The van der Waals surface area contributed by atoms with Crippen LogP contribution in [0.2, 0.25) is 5.28 Å². The number of rotatable bonds is 6. The Morgan fingerprint density at radius 2 is 1.80 bits per heavy atom. The van der Waals surface area contributed by atoms with Crippen molar-refractivity contribution in [2.24, 2.45) is 0 Å². The molecule has 4 heterocycles. The molecule has 5 atom stereocenters. The summed E-state index contributed by atoms with van der Waals surface area (Å²) in [6.45, 7) is 5.07. The molecule has 13 heteroatoms. The molecule has 0 bridgehead atoms. The van der Waals surface area contributed by atoms with Gasteiger partial charge in [-0.25, -0.2) is 4.98 Å². The zero-order valence-corrected chi connectivity index (χ0v) is 23.7. The lowest BCUT2D eigenvalue weighted by Gasteiger charge is -2.26. The van der Waals surface area contributed by atoms with E-state index < -0.39 is 42.4 Å². The van der Waals surface area contributed by atoms with Gasteiger partial charge in [-0.1, -0.05) is 24.3 Å². The minimum absolute atomic E-state index is 0.0251. The number of benzene rings is 1. The van der Waals surface area contributed by atoms with E-state index in [4.69, 9.17) is 30.5 Å². The number of hydrogen-bond acceptors (Lipinski definition) is 11. The Morgan fingerprint density at radius 1 is 1.05 bits per heavy atom. The van der Waals surface area contributed by atoms with E-state index in [-0.39, 0.29) is 17.3 Å². The molecule has 1 aromatic carbocycles. The summed E-state index contributed by atoms with van der Waals surface area (Å²) in [6, 6.07) is 8.60. The highest BCUT2D eigenvalue weighted by molar-refractivity contribution is 6.28.